The van der Waals surface area contributed by atoms with Crippen molar-refractivity contribution in [2.45, 2.75) is 20.0 Å². The molecule has 0 aromatic heterocycles. The van der Waals surface area contributed by atoms with Gasteiger partial charge in [-0.05, 0) is 42.8 Å². The fraction of sp³-hybridized carbons (Fsp3) is 0.222. The van der Waals surface area contributed by atoms with Crippen LogP contribution >= 0.6 is 0 Å². The number of amides is 2. The molecule has 0 atom stereocenters. The van der Waals surface area contributed by atoms with Crippen molar-refractivity contribution in [1.82, 2.24) is 0 Å². The van der Waals surface area contributed by atoms with Crippen molar-refractivity contribution in [3.05, 3.63) is 53.6 Å². The molecule has 2 aromatic rings. The van der Waals surface area contributed by atoms with Crippen LogP contribution in [0.2, 0.25) is 0 Å². The molecular weight excluding hydrogens is 349 g/mol. The van der Waals surface area contributed by atoms with Crippen LogP contribution in [0.3, 0.4) is 0 Å². The van der Waals surface area contributed by atoms with Crippen LogP contribution in [0.4, 0.5) is 24.5 Å². The first kappa shape index (κ1) is 19.3. The van der Waals surface area contributed by atoms with E-state index in [4.69, 9.17) is 4.74 Å². The van der Waals surface area contributed by atoms with Crippen molar-refractivity contribution >= 4 is 23.2 Å². The Hall–Kier alpha value is -3.03. The van der Waals surface area contributed by atoms with E-state index in [2.05, 4.69) is 10.6 Å². The molecule has 8 heteroatoms. The first-order chi connectivity index (χ1) is 12.2. The highest BCUT2D eigenvalue weighted by atomic mass is 19.4. The topological polar surface area (TPSA) is 67.4 Å². The minimum atomic E-state index is -4.48. The number of benzene rings is 2. The number of hydrogen-bond acceptors (Lipinski definition) is 3. The number of carbonyl (C=O) groups is 2. The number of rotatable bonds is 5. The third-order valence-corrected chi connectivity index (χ3v) is 3.45. The number of nitrogens with one attached hydrogen (secondary N) is 2. The lowest BCUT2D eigenvalue weighted by Crippen LogP contribution is -2.21. The molecule has 0 aliphatic carbocycles. The Bertz CT molecular complexity index is 820. The third kappa shape index (κ3) is 5.23. The molecule has 26 heavy (non-hydrogen) atoms. The van der Waals surface area contributed by atoms with E-state index in [0.29, 0.717) is 16.9 Å². The van der Waals surface area contributed by atoms with Crippen LogP contribution in [0.5, 0.6) is 5.75 Å². The zero-order chi connectivity index (χ0) is 19.3. The molecule has 138 valence electrons. The zero-order valence-corrected chi connectivity index (χ0v) is 14.1. The Balaban J connectivity index is 2.01. The molecule has 0 aliphatic heterocycles. The molecule has 0 aliphatic rings. The molecule has 0 saturated carbocycles. The van der Waals surface area contributed by atoms with Crippen molar-refractivity contribution in [1.29, 1.82) is 0 Å². The third-order valence-electron chi connectivity index (χ3n) is 3.45. The van der Waals surface area contributed by atoms with Gasteiger partial charge < -0.3 is 15.4 Å². The van der Waals surface area contributed by atoms with Crippen LogP contribution in [-0.4, -0.2) is 18.4 Å². The van der Waals surface area contributed by atoms with E-state index in [1.807, 2.05) is 0 Å². The summed E-state index contributed by atoms with van der Waals surface area (Å²) in [6.07, 6.45) is -4.48. The minimum absolute atomic E-state index is 0.0568. The Morgan fingerprint density at radius 1 is 1.04 bits per heavy atom. The van der Waals surface area contributed by atoms with E-state index < -0.39 is 24.3 Å². The van der Waals surface area contributed by atoms with E-state index in [9.17, 15) is 22.8 Å². The molecule has 0 saturated heterocycles. The lowest BCUT2D eigenvalue weighted by atomic mass is 10.1. The maximum Gasteiger partial charge on any atom is 0.416 e. The molecule has 0 unspecified atom stereocenters. The van der Waals surface area contributed by atoms with Gasteiger partial charge >= 0.3 is 6.18 Å². The summed E-state index contributed by atoms with van der Waals surface area (Å²) < 4.78 is 43.1. The predicted octanol–water partition coefficient (Wildman–Crippen LogP) is 3.99. The first-order valence-corrected chi connectivity index (χ1v) is 7.64. The van der Waals surface area contributed by atoms with E-state index in [1.165, 1.54) is 19.1 Å². The second kappa shape index (κ2) is 7.90. The Morgan fingerprint density at radius 2 is 1.65 bits per heavy atom. The van der Waals surface area contributed by atoms with Gasteiger partial charge in [0.15, 0.2) is 6.61 Å². The van der Waals surface area contributed by atoms with Gasteiger partial charge in [-0.3, -0.25) is 9.59 Å². The largest absolute Gasteiger partial charge is 0.484 e. The van der Waals surface area contributed by atoms with Crippen molar-refractivity contribution in [3.63, 3.8) is 0 Å². The van der Waals surface area contributed by atoms with Gasteiger partial charge in [0, 0.05) is 18.3 Å². The highest BCUT2D eigenvalue weighted by Gasteiger charge is 2.30. The highest BCUT2D eigenvalue weighted by Crippen LogP contribution is 2.31. The van der Waals surface area contributed by atoms with Crippen LogP contribution in [0.25, 0.3) is 0 Å². The maximum atomic E-state index is 12.7. The molecule has 0 radical (unpaired) electrons. The monoisotopic (exact) mass is 366 g/mol. The smallest absolute Gasteiger partial charge is 0.416 e. The SMILES string of the molecule is CC(=O)Nc1cccc(NC(=O)COc2cccc(C(F)(F)F)c2)c1C. The quantitative estimate of drug-likeness (QED) is 0.841. The summed E-state index contributed by atoms with van der Waals surface area (Å²) >= 11 is 0. The fourth-order valence-corrected chi connectivity index (χ4v) is 2.19. The van der Waals surface area contributed by atoms with Gasteiger partial charge in [-0.1, -0.05) is 12.1 Å². The molecule has 0 fully saturated rings. The average molecular weight is 366 g/mol. The lowest BCUT2D eigenvalue weighted by Gasteiger charge is -2.13. The van der Waals surface area contributed by atoms with Gasteiger partial charge in [0.05, 0.1) is 5.56 Å². The number of carbonyl (C=O) groups excluding carboxylic acids is 2. The summed E-state index contributed by atoms with van der Waals surface area (Å²) in [5.74, 6) is -0.839. The van der Waals surface area contributed by atoms with Crippen molar-refractivity contribution in [2.24, 2.45) is 0 Å². The molecule has 0 bridgehead atoms. The molecule has 2 amide bonds. The molecule has 2 N–H and O–H groups in total. The Morgan fingerprint density at radius 3 is 2.27 bits per heavy atom. The number of hydrogen-bond donors (Lipinski definition) is 2. The summed E-state index contributed by atoms with van der Waals surface area (Å²) in [4.78, 5) is 23.2. The molecule has 0 spiro atoms. The second-order valence-electron chi connectivity index (χ2n) is 5.52. The van der Waals surface area contributed by atoms with Crippen molar-refractivity contribution in [3.8, 4) is 5.75 Å². The molecule has 0 heterocycles. The van der Waals surface area contributed by atoms with Gasteiger partial charge in [-0.15, -0.1) is 0 Å². The summed E-state index contributed by atoms with van der Waals surface area (Å²) in [6.45, 7) is 2.63. The Kier molecular flexibility index (Phi) is 5.86. The predicted molar refractivity (Wildman–Crippen MR) is 91.1 cm³/mol. The van der Waals surface area contributed by atoms with Crippen molar-refractivity contribution in [2.75, 3.05) is 17.2 Å². The number of halogens is 3. The van der Waals surface area contributed by atoms with Crippen LogP contribution in [-0.2, 0) is 15.8 Å². The second-order valence-corrected chi connectivity index (χ2v) is 5.52. The normalized spacial score (nSPS) is 11.0. The molecule has 5 nitrogen and oxygen atoms in total. The van der Waals surface area contributed by atoms with Crippen LogP contribution in [0.1, 0.15) is 18.1 Å². The first-order valence-electron chi connectivity index (χ1n) is 7.64. The standard InChI is InChI=1S/C18H17F3N2O3/c1-11-15(22-12(2)24)7-4-8-16(11)23-17(25)10-26-14-6-3-5-13(9-14)18(19,20)21/h3-9H,10H2,1-2H3,(H,22,24)(H,23,25). The summed E-state index contributed by atoms with van der Waals surface area (Å²) in [5.41, 5.74) is 0.812. The summed E-state index contributed by atoms with van der Waals surface area (Å²) in [5, 5.41) is 5.24. The minimum Gasteiger partial charge on any atom is -0.484 e. The fourth-order valence-electron chi connectivity index (χ4n) is 2.19. The van der Waals surface area contributed by atoms with E-state index >= 15 is 0 Å². The van der Waals surface area contributed by atoms with E-state index in [1.54, 1.807) is 25.1 Å². The number of anilines is 2. The summed E-state index contributed by atoms with van der Waals surface area (Å²) in [7, 11) is 0. The average Bonchev–Trinajstić information content (AvgIpc) is 2.56. The van der Waals surface area contributed by atoms with E-state index in [0.717, 1.165) is 12.1 Å². The zero-order valence-electron chi connectivity index (χ0n) is 14.1. The van der Waals surface area contributed by atoms with Gasteiger partial charge in [0.2, 0.25) is 5.91 Å². The van der Waals surface area contributed by atoms with Gasteiger partial charge in [-0.25, -0.2) is 0 Å². The van der Waals surface area contributed by atoms with Crippen LogP contribution in [0, 0.1) is 6.92 Å². The Labute approximate surface area is 148 Å². The van der Waals surface area contributed by atoms with Gasteiger partial charge in [0.25, 0.3) is 5.91 Å². The van der Waals surface area contributed by atoms with Gasteiger partial charge in [0.1, 0.15) is 5.75 Å². The number of alkyl halides is 3. The van der Waals surface area contributed by atoms with Crippen LogP contribution in [0.15, 0.2) is 42.5 Å². The van der Waals surface area contributed by atoms with E-state index in [-0.39, 0.29) is 11.7 Å². The lowest BCUT2D eigenvalue weighted by molar-refractivity contribution is -0.137. The molecule has 2 rings (SSSR count). The van der Waals surface area contributed by atoms with Gasteiger partial charge in [-0.2, -0.15) is 13.2 Å². The molecule has 2 aromatic carbocycles. The molecular formula is C18H17F3N2O3. The highest BCUT2D eigenvalue weighted by molar-refractivity contribution is 5.95. The number of ether oxygens (including phenoxy) is 1. The van der Waals surface area contributed by atoms with Crippen LogP contribution < -0.4 is 15.4 Å². The van der Waals surface area contributed by atoms with Crippen molar-refractivity contribution < 1.29 is 27.5 Å². The maximum absolute atomic E-state index is 12.7. The summed E-state index contributed by atoms with van der Waals surface area (Å²) in [6, 6.07) is 9.28.